The highest BCUT2D eigenvalue weighted by Gasteiger charge is 1.99. The van der Waals surface area contributed by atoms with Gasteiger partial charge in [0.1, 0.15) is 0 Å². The fourth-order valence-electron chi connectivity index (χ4n) is 2.06. The van der Waals surface area contributed by atoms with Crippen LogP contribution in [-0.2, 0) is 9.53 Å². The van der Waals surface area contributed by atoms with E-state index in [1.54, 1.807) is 0 Å². The van der Waals surface area contributed by atoms with Crippen LogP contribution in [0.25, 0.3) is 0 Å². The molecule has 0 fully saturated rings. The van der Waals surface area contributed by atoms with Crippen LogP contribution in [0.5, 0.6) is 0 Å². The molecule has 0 aliphatic rings. The van der Waals surface area contributed by atoms with Crippen LogP contribution < -0.4 is 5.32 Å². The third kappa shape index (κ3) is 15.3. The van der Waals surface area contributed by atoms with Crippen molar-refractivity contribution in [2.45, 2.75) is 64.2 Å². The first-order valence-corrected chi connectivity index (χ1v) is 7.69. The fraction of sp³-hybridized carbons (Fsp3) is 0.933. The summed E-state index contributed by atoms with van der Waals surface area (Å²) in [7, 11) is 1.45. The Balaban J connectivity index is 2.97. The Morgan fingerprint density at radius 2 is 1.42 bits per heavy atom. The first-order valence-electron chi connectivity index (χ1n) is 7.69. The van der Waals surface area contributed by atoms with Crippen LogP contribution in [0, 0.1) is 0 Å². The van der Waals surface area contributed by atoms with Gasteiger partial charge in [0.05, 0.1) is 13.7 Å². The summed E-state index contributed by atoms with van der Waals surface area (Å²) in [6, 6.07) is 0. The Hall–Kier alpha value is -0.610. The lowest BCUT2D eigenvalue weighted by Gasteiger charge is -2.03. The third-order valence-electron chi connectivity index (χ3n) is 3.25. The molecule has 0 atom stereocenters. The van der Waals surface area contributed by atoms with E-state index in [2.05, 4.69) is 10.1 Å². The van der Waals surface area contributed by atoms with Gasteiger partial charge in [-0.3, -0.25) is 4.79 Å². The third-order valence-corrected chi connectivity index (χ3v) is 3.25. The molecule has 0 aromatic carbocycles. The first-order chi connectivity index (χ1) is 9.31. The van der Waals surface area contributed by atoms with Gasteiger partial charge in [0, 0.05) is 13.0 Å². The van der Waals surface area contributed by atoms with E-state index in [0.29, 0.717) is 13.0 Å². The van der Waals surface area contributed by atoms with E-state index >= 15 is 0 Å². The summed E-state index contributed by atoms with van der Waals surface area (Å²) in [5, 5.41) is 11.8. The minimum atomic E-state index is -0.0881. The molecule has 0 saturated carbocycles. The maximum atomic E-state index is 10.9. The molecule has 0 spiro atoms. The maximum absolute atomic E-state index is 10.9. The van der Waals surface area contributed by atoms with E-state index in [-0.39, 0.29) is 12.6 Å². The molecule has 19 heavy (non-hydrogen) atoms. The van der Waals surface area contributed by atoms with E-state index in [4.69, 9.17) is 5.11 Å². The lowest BCUT2D eigenvalue weighted by Crippen LogP contribution is -2.19. The summed E-state index contributed by atoms with van der Waals surface area (Å²) in [6.07, 6.45) is 11.6. The summed E-state index contributed by atoms with van der Waals surface area (Å²) in [5.41, 5.74) is 0. The summed E-state index contributed by atoms with van der Waals surface area (Å²) in [6.45, 7) is 1.97. The quantitative estimate of drug-likeness (QED) is 0.377. The van der Waals surface area contributed by atoms with Crippen LogP contribution in [-0.4, -0.2) is 37.9 Å². The number of esters is 1. The van der Waals surface area contributed by atoms with Gasteiger partial charge in [-0.2, -0.15) is 0 Å². The molecule has 0 amide bonds. The zero-order chi connectivity index (χ0) is 14.2. The van der Waals surface area contributed by atoms with E-state index in [1.165, 1.54) is 52.1 Å². The van der Waals surface area contributed by atoms with Crippen LogP contribution in [0.1, 0.15) is 64.2 Å². The molecule has 0 aromatic rings. The first kappa shape index (κ1) is 18.4. The largest absolute Gasteiger partial charge is 0.469 e. The topological polar surface area (TPSA) is 58.6 Å². The van der Waals surface area contributed by atoms with Gasteiger partial charge in [0.15, 0.2) is 0 Å². The summed E-state index contributed by atoms with van der Waals surface area (Å²) in [4.78, 5) is 10.9. The van der Waals surface area contributed by atoms with Gasteiger partial charge in [-0.05, 0) is 19.4 Å². The summed E-state index contributed by atoms with van der Waals surface area (Å²) in [5.74, 6) is -0.0881. The zero-order valence-corrected chi connectivity index (χ0v) is 12.5. The Bertz CT molecular complexity index is 198. The second kappa shape index (κ2) is 15.4. The number of ether oxygens (including phenoxy) is 1. The number of rotatable bonds is 14. The molecule has 0 heterocycles. The Morgan fingerprint density at radius 1 is 0.895 bits per heavy atom. The second-order valence-electron chi connectivity index (χ2n) is 4.98. The molecule has 4 heteroatoms. The minimum Gasteiger partial charge on any atom is -0.469 e. The molecule has 0 aromatic heterocycles. The molecule has 0 saturated heterocycles. The summed E-state index contributed by atoms with van der Waals surface area (Å²) < 4.78 is 4.60. The van der Waals surface area contributed by atoms with Crippen LogP contribution in [0.3, 0.4) is 0 Å². The smallest absolute Gasteiger partial charge is 0.305 e. The van der Waals surface area contributed by atoms with Gasteiger partial charge in [-0.15, -0.1) is 0 Å². The van der Waals surface area contributed by atoms with Crippen molar-refractivity contribution in [1.29, 1.82) is 0 Å². The fourth-order valence-corrected chi connectivity index (χ4v) is 2.06. The minimum absolute atomic E-state index is 0.0881. The molecule has 0 bridgehead atoms. The molecule has 2 N–H and O–H groups in total. The van der Waals surface area contributed by atoms with Gasteiger partial charge in [0.25, 0.3) is 0 Å². The monoisotopic (exact) mass is 273 g/mol. The van der Waals surface area contributed by atoms with Crippen molar-refractivity contribution in [2.24, 2.45) is 0 Å². The number of carbonyl (C=O) groups is 1. The predicted molar refractivity (Wildman–Crippen MR) is 78.1 cm³/mol. The van der Waals surface area contributed by atoms with Gasteiger partial charge in [0.2, 0.25) is 0 Å². The number of aliphatic hydroxyl groups excluding tert-OH is 1. The van der Waals surface area contributed by atoms with Gasteiger partial charge < -0.3 is 15.2 Å². The molecule has 0 unspecified atom stereocenters. The molecule has 0 rings (SSSR count). The lowest BCUT2D eigenvalue weighted by molar-refractivity contribution is -0.140. The Morgan fingerprint density at radius 3 is 1.95 bits per heavy atom. The number of hydrogen-bond acceptors (Lipinski definition) is 4. The van der Waals surface area contributed by atoms with Crippen molar-refractivity contribution in [1.82, 2.24) is 5.32 Å². The lowest BCUT2D eigenvalue weighted by atomic mass is 10.1. The number of hydrogen-bond donors (Lipinski definition) is 2. The number of unbranched alkanes of at least 4 members (excludes halogenated alkanes) is 8. The van der Waals surface area contributed by atoms with Gasteiger partial charge in [-0.25, -0.2) is 0 Å². The molecule has 0 radical (unpaired) electrons. The van der Waals surface area contributed by atoms with Crippen LogP contribution in [0.15, 0.2) is 0 Å². The normalized spacial score (nSPS) is 10.6. The molecular formula is C15H31NO3. The Labute approximate surface area is 117 Å². The van der Waals surface area contributed by atoms with Crippen molar-refractivity contribution in [3.8, 4) is 0 Å². The van der Waals surface area contributed by atoms with Gasteiger partial charge >= 0.3 is 5.97 Å². The SMILES string of the molecule is COC(=O)CCCCCCCCCCCNCCO. The number of carbonyl (C=O) groups excluding carboxylic acids is 1. The highest BCUT2D eigenvalue weighted by atomic mass is 16.5. The molecule has 114 valence electrons. The standard InChI is InChI=1S/C15H31NO3/c1-19-15(18)11-9-7-5-3-2-4-6-8-10-12-16-13-14-17/h16-17H,2-14H2,1H3. The van der Waals surface area contributed by atoms with Crippen LogP contribution >= 0.6 is 0 Å². The van der Waals surface area contributed by atoms with Crippen molar-refractivity contribution >= 4 is 5.97 Å². The highest BCUT2D eigenvalue weighted by Crippen LogP contribution is 2.10. The number of aliphatic hydroxyl groups is 1. The predicted octanol–water partition coefficient (Wildman–Crippen LogP) is 2.64. The highest BCUT2D eigenvalue weighted by molar-refractivity contribution is 5.68. The molecule has 4 nitrogen and oxygen atoms in total. The second-order valence-corrected chi connectivity index (χ2v) is 4.98. The van der Waals surface area contributed by atoms with E-state index in [1.807, 2.05) is 0 Å². The van der Waals surface area contributed by atoms with Crippen molar-refractivity contribution in [3.63, 3.8) is 0 Å². The maximum Gasteiger partial charge on any atom is 0.305 e. The summed E-state index contributed by atoms with van der Waals surface area (Å²) >= 11 is 0. The van der Waals surface area contributed by atoms with E-state index < -0.39 is 0 Å². The van der Waals surface area contributed by atoms with E-state index in [9.17, 15) is 4.79 Å². The Kier molecular flexibility index (Phi) is 15.0. The molecule has 0 aliphatic carbocycles. The average molecular weight is 273 g/mol. The average Bonchev–Trinajstić information content (AvgIpc) is 2.43. The number of nitrogens with one attached hydrogen (secondary N) is 1. The van der Waals surface area contributed by atoms with Crippen LogP contribution in [0.2, 0.25) is 0 Å². The molecular weight excluding hydrogens is 242 g/mol. The molecule has 0 aliphatic heterocycles. The van der Waals surface area contributed by atoms with Crippen LogP contribution in [0.4, 0.5) is 0 Å². The van der Waals surface area contributed by atoms with Crippen molar-refractivity contribution < 1.29 is 14.6 Å². The van der Waals surface area contributed by atoms with Crippen molar-refractivity contribution in [2.75, 3.05) is 26.8 Å². The van der Waals surface area contributed by atoms with Gasteiger partial charge in [-0.1, -0.05) is 44.9 Å². The number of methoxy groups -OCH3 is 1. The van der Waals surface area contributed by atoms with E-state index in [0.717, 1.165) is 19.4 Å². The van der Waals surface area contributed by atoms with Crippen molar-refractivity contribution in [3.05, 3.63) is 0 Å². The zero-order valence-electron chi connectivity index (χ0n) is 12.5.